The molecule has 0 aliphatic rings. The zero-order valence-corrected chi connectivity index (χ0v) is 12.6. The van der Waals surface area contributed by atoms with E-state index in [1.165, 1.54) is 0 Å². The fourth-order valence-corrected chi connectivity index (χ4v) is 2.06. The number of likely N-dealkylation sites (N-methyl/N-ethyl adjacent to an activating group) is 1. The van der Waals surface area contributed by atoms with Gasteiger partial charge in [-0.2, -0.15) is 4.98 Å². The van der Waals surface area contributed by atoms with Crippen LogP contribution in [-0.2, 0) is 0 Å². The third-order valence-corrected chi connectivity index (χ3v) is 2.79. The quantitative estimate of drug-likeness (QED) is 0.791. The molecule has 19 heavy (non-hydrogen) atoms. The maximum atomic E-state index is 5.96. The molecule has 0 aliphatic carbocycles. The number of nitrogens with two attached hydrogens (primary N) is 1. The van der Waals surface area contributed by atoms with E-state index < -0.39 is 0 Å². The summed E-state index contributed by atoms with van der Waals surface area (Å²) in [6.07, 6.45) is 1.07. The minimum atomic E-state index is 0.317. The summed E-state index contributed by atoms with van der Waals surface area (Å²) in [6, 6.07) is 3.90. The van der Waals surface area contributed by atoms with Crippen LogP contribution in [0.5, 0.6) is 5.88 Å². The highest BCUT2D eigenvalue weighted by Gasteiger charge is 2.14. The van der Waals surface area contributed by atoms with Gasteiger partial charge in [0, 0.05) is 18.7 Å². The number of nitrogen functional groups attached to an aromatic ring is 1. The van der Waals surface area contributed by atoms with Crippen molar-refractivity contribution in [3.8, 4) is 5.88 Å². The maximum Gasteiger partial charge on any atom is 0.215 e. The number of ether oxygens (including phenoxy) is 1. The highest BCUT2D eigenvalue weighted by molar-refractivity contribution is 5.62. The van der Waals surface area contributed by atoms with Crippen LogP contribution in [0.2, 0.25) is 0 Å². The SMILES string of the molecule is COc1ccc(N)c(NC(CC(C)C)CN(C)C)n1. The summed E-state index contributed by atoms with van der Waals surface area (Å²) in [5.41, 5.74) is 6.61. The number of aromatic nitrogens is 1. The number of nitrogens with zero attached hydrogens (tertiary/aromatic N) is 2. The van der Waals surface area contributed by atoms with Gasteiger partial charge in [0.05, 0.1) is 12.8 Å². The van der Waals surface area contributed by atoms with E-state index in [4.69, 9.17) is 10.5 Å². The molecule has 0 saturated carbocycles. The molecule has 1 heterocycles. The number of methoxy groups -OCH3 is 1. The van der Waals surface area contributed by atoms with Crippen LogP contribution in [0, 0.1) is 5.92 Å². The summed E-state index contributed by atoms with van der Waals surface area (Å²) < 4.78 is 5.14. The molecule has 0 saturated heterocycles. The molecule has 0 amide bonds. The van der Waals surface area contributed by atoms with Gasteiger partial charge in [-0.3, -0.25) is 0 Å². The van der Waals surface area contributed by atoms with E-state index in [2.05, 4.69) is 43.1 Å². The molecule has 1 unspecified atom stereocenters. The summed E-state index contributed by atoms with van der Waals surface area (Å²) in [5, 5.41) is 3.43. The molecule has 108 valence electrons. The van der Waals surface area contributed by atoms with Crippen molar-refractivity contribution in [1.29, 1.82) is 0 Å². The standard InChI is InChI=1S/C14H26N4O/c1-10(2)8-11(9-18(3)4)16-14-12(15)6-7-13(17-14)19-5/h6-7,10-11H,8-9,15H2,1-5H3,(H,16,17). The van der Waals surface area contributed by atoms with Crippen molar-refractivity contribution >= 4 is 11.5 Å². The first-order valence-electron chi connectivity index (χ1n) is 6.64. The molecule has 0 fully saturated rings. The second-order valence-electron chi connectivity index (χ2n) is 5.52. The third-order valence-electron chi connectivity index (χ3n) is 2.79. The molecular weight excluding hydrogens is 240 g/mol. The minimum absolute atomic E-state index is 0.317. The van der Waals surface area contributed by atoms with E-state index in [-0.39, 0.29) is 0 Å². The van der Waals surface area contributed by atoms with Crippen LogP contribution in [0.1, 0.15) is 20.3 Å². The van der Waals surface area contributed by atoms with Crippen molar-refractivity contribution in [2.24, 2.45) is 5.92 Å². The summed E-state index contributed by atoms with van der Waals surface area (Å²) in [4.78, 5) is 6.53. The first kappa shape index (κ1) is 15.6. The molecule has 1 aromatic heterocycles. The van der Waals surface area contributed by atoms with Crippen molar-refractivity contribution < 1.29 is 4.74 Å². The summed E-state index contributed by atoms with van der Waals surface area (Å²) in [5.74, 6) is 1.89. The van der Waals surface area contributed by atoms with Gasteiger partial charge in [-0.25, -0.2) is 0 Å². The zero-order chi connectivity index (χ0) is 14.4. The van der Waals surface area contributed by atoms with Gasteiger partial charge in [0.25, 0.3) is 0 Å². The Balaban J connectivity index is 2.82. The molecule has 1 atom stereocenters. The second-order valence-corrected chi connectivity index (χ2v) is 5.52. The van der Waals surface area contributed by atoms with Gasteiger partial charge in [0.1, 0.15) is 0 Å². The van der Waals surface area contributed by atoms with E-state index in [1.807, 2.05) is 6.07 Å². The number of rotatable bonds is 7. The summed E-state index contributed by atoms with van der Waals surface area (Å²) >= 11 is 0. The van der Waals surface area contributed by atoms with E-state index >= 15 is 0 Å². The summed E-state index contributed by atoms with van der Waals surface area (Å²) in [7, 11) is 5.74. The molecule has 0 bridgehead atoms. The Hall–Kier alpha value is -1.49. The number of nitrogens with one attached hydrogen (secondary N) is 1. The van der Waals surface area contributed by atoms with Crippen LogP contribution in [0.15, 0.2) is 12.1 Å². The van der Waals surface area contributed by atoms with Gasteiger partial charge in [0.2, 0.25) is 5.88 Å². The number of pyridine rings is 1. The van der Waals surface area contributed by atoms with E-state index in [1.54, 1.807) is 13.2 Å². The Morgan fingerprint density at radius 1 is 1.37 bits per heavy atom. The van der Waals surface area contributed by atoms with Crippen LogP contribution in [0.4, 0.5) is 11.5 Å². The van der Waals surface area contributed by atoms with Crippen molar-refractivity contribution in [3.05, 3.63) is 12.1 Å². The van der Waals surface area contributed by atoms with E-state index in [0.29, 0.717) is 29.3 Å². The number of hydrogen-bond acceptors (Lipinski definition) is 5. The fourth-order valence-electron chi connectivity index (χ4n) is 2.06. The number of hydrogen-bond donors (Lipinski definition) is 2. The maximum absolute atomic E-state index is 5.96. The Bertz CT molecular complexity index is 383. The predicted octanol–water partition coefficient (Wildman–Crippen LogP) is 2.06. The van der Waals surface area contributed by atoms with E-state index in [9.17, 15) is 0 Å². The highest BCUT2D eigenvalue weighted by Crippen LogP contribution is 2.21. The lowest BCUT2D eigenvalue weighted by atomic mass is 10.0. The topological polar surface area (TPSA) is 63.4 Å². The van der Waals surface area contributed by atoms with Gasteiger partial charge >= 0.3 is 0 Å². The van der Waals surface area contributed by atoms with Gasteiger partial charge in [-0.15, -0.1) is 0 Å². The summed E-state index contributed by atoms with van der Waals surface area (Å²) in [6.45, 7) is 5.37. The zero-order valence-electron chi connectivity index (χ0n) is 12.6. The van der Waals surface area contributed by atoms with Crippen molar-refractivity contribution in [2.75, 3.05) is 38.8 Å². The first-order valence-corrected chi connectivity index (χ1v) is 6.64. The molecule has 0 radical (unpaired) electrons. The molecule has 1 rings (SSSR count). The minimum Gasteiger partial charge on any atom is -0.481 e. The van der Waals surface area contributed by atoms with Gasteiger partial charge in [-0.05, 0) is 32.5 Å². The third kappa shape index (κ3) is 5.34. The lowest BCUT2D eigenvalue weighted by Crippen LogP contribution is -2.34. The lowest BCUT2D eigenvalue weighted by Gasteiger charge is -2.25. The van der Waals surface area contributed by atoms with Crippen molar-refractivity contribution in [2.45, 2.75) is 26.3 Å². The molecule has 0 aliphatic heterocycles. The molecule has 0 spiro atoms. The molecule has 0 aromatic carbocycles. The van der Waals surface area contributed by atoms with E-state index in [0.717, 1.165) is 13.0 Å². The average Bonchev–Trinajstić information content (AvgIpc) is 2.30. The second kappa shape index (κ2) is 7.19. The molecule has 1 aromatic rings. The van der Waals surface area contributed by atoms with Crippen LogP contribution >= 0.6 is 0 Å². The Morgan fingerprint density at radius 3 is 2.58 bits per heavy atom. The van der Waals surface area contributed by atoms with Gasteiger partial charge in [0.15, 0.2) is 5.82 Å². The van der Waals surface area contributed by atoms with Crippen molar-refractivity contribution in [1.82, 2.24) is 9.88 Å². The smallest absolute Gasteiger partial charge is 0.215 e. The van der Waals surface area contributed by atoms with Crippen LogP contribution < -0.4 is 15.8 Å². The predicted molar refractivity (Wildman–Crippen MR) is 80.6 cm³/mol. The van der Waals surface area contributed by atoms with Crippen LogP contribution in [-0.4, -0.2) is 43.7 Å². The monoisotopic (exact) mass is 266 g/mol. The van der Waals surface area contributed by atoms with Crippen LogP contribution in [0.25, 0.3) is 0 Å². The Labute approximate surface area is 116 Å². The Morgan fingerprint density at radius 2 is 2.05 bits per heavy atom. The normalized spacial score (nSPS) is 12.8. The largest absolute Gasteiger partial charge is 0.481 e. The van der Waals surface area contributed by atoms with Crippen LogP contribution in [0.3, 0.4) is 0 Å². The molecule has 5 nitrogen and oxygen atoms in total. The van der Waals surface area contributed by atoms with Crippen molar-refractivity contribution in [3.63, 3.8) is 0 Å². The fraction of sp³-hybridized carbons (Fsp3) is 0.643. The average molecular weight is 266 g/mol. The molecular formula is C14H26N4O. The molecule has 3 N–H and O–H groups in total. The van der Waals surface area contributed by atoms with Gasteiger partial charge in [-0.1, -0.05) is 13.8 Å². The highest BCUT2D eigenvalue weighted by atomic mass is 16.5. The van der Waals surface area contributed by atoms with Gasteiger partial charge < -0.3 is 20.7 Å². The number of anilines is 2. The first-order chi connectivity index (χ1) is 8.92. The molecule has 5 heteroatoms. The lowest BCUT2D eigenvalue weighted by molar-refractivity contribution is 0.355. The Kier molecular flexibility index (Phi) is 5.89.